The van der Waals surface area contributed by atoms with E-state index in [1.807, 2.05) is 0 Å². The van der Waals surface area contributed by atoms with Crippen LogP contribution in [0.5, 0.6) is 5.75 Å². The van der Waals surface area contributed by atoms with Crippen molar-refractivity contribution < 1.29 is 22.7 Å². The second-order valence-corrected chi connectivity index (χ2v) is 9.12. The van der Waals surface area contributed by atoms with Crippen molar-refractivity contribution in [1.82, 2.24) is 14.1 Å². The lowest BCUT2D eigenvalue weighted by molar-refractivity contribution is -0.141. The number of amides is 2. The van der Waals surface area contributed by atoms with Crippen molar-refractivity contribution in [1.29, 1.82) is 0 Å². The molecule has 8 nitrogen and oxygen atoms in total. The van der Waals surface area contributed by atoms with Gasteiger partial charge in [-0.25, -0.2) is 8.42 Å². The summed E-state index contributed by atoms with van der Waals surface area (Å²) in [5.74, 6) is 0.637. The van der Waals surface area contributed by atoms with E-state index >= 15 is 0 Å². The van der Waals surface area contributed by atoms with Crippen LogP contribution in [0.15, 0.2) is 29.2 Å². The van der Waals surface area contributed by atoms with Gasteiger partial charge in [-0.2, -0.15) is 4.31 Å². The van der Waals surface area contributed by atoms with Gasteiger partial charge < -0.3 is 14.5 Å². The summed E-state index contributed by atoms with van der Waals surface area (Å²) in [4.78, 5) is 27.9. The second kappa shape index (κ2) is 8.48. The summed E-state index contributed by atoms with van der Waals surface area (Å²) in [5.41, 5.74) is 0. The Bertz CT molecular complexity index is 808. The van der Waals surface area contributed by atoms with Crippen molar-refractivity contribution in [3.63, 3.8) is 0 Å². The van der Waals surface area contributed by atoms with E-state index in [2.05, 4.69) is 0 Å². The largest absolute Gasteiger partial charge is 0.497 e. The molecule has 0 N–H and O–H groups in total. The van der Waals surface area contributed by atoms with Gasteiger partial charge in [0.05, 0.1) is 12.0 Å². The minimum absolute atomic E-state index is 0.0447. The molecule has 154 valence electrons. The van der Waals surface area contributed by atoms with Crippen LogP contribution in [0.4, 0.5) is 0 Å². The Kier molecular flexibility index (Phi) is 6.24. The first kappa shape index (κ1) is 20.6. The molecule has 0 bridgehead atoms. The van der Waals surface area contributed by atoms with Crippen LogP contribution in [0.25, 0.3) is 0 Å². The number of piperidine rings is 1. The average Bonchev–Trinajstić information content (AvgIpc) is 2.73. The summed E-state index contributed by atoms with van der Waals surface area (Å²) in [6.45, 7) is 4.11. The van der Waals surface area contributed by atoms with Crippen LogP contribution in [-0.4, -0.2) is 80.7 Å². The van der Waals surface area contributed by atoms with Gasteiger partial charge in [-0.05, 0) is 37.1 Å². The third kappa shape index (κ3) is 4.30. The molecule has 1 aromatic carbocycles. The molecule has 1 aromatic rings. The molecular weight excluding hydrogens is 382 g/mol. The summed E-state index contributed by atoms with van der Waals surface area (Å²) in [5, 5.41) is 0. The molecule has 2 aliphatic rings. The lowest BCUT2D eigenvalue weighted by atomic mass is 9.95. The van der Waals surface area contributed by atoms with E-state index < -0.39 is 10.0 Å². The molecule has 2 amide bonds. The van der Waals surface area contributed by atoms with E-state index in [-0.39, 0.29) is 35.7 Å². The van der Waals surface area contributed by atoms with Crippen LogP contribution in [0, 0.1) is 5.92 Å². The number of sulfonamides is 1. The van der Waals surface area contributed by atoms with Crippen molar-refractivity contribution in [2.45, 2.75) is 24.7 Å². The van der Waals surface area contributed by atoms with Crippen LogP contribution >= 0.6 is 0 Å². The molecule has 0 saturated carbocycles. The van der Waals surface area contributed by atoms with Gasteiger partial charge in [0.1, 0.15) is 5.75 Å². The molecule has 0 unspecified atom stereocenters. The first-order valence-corrected chi connectivity index (χ1v) is 11.0. The molecule has 2 saturated heterocycles. The quantitative estimate of drug-likeness (QED) is 0.734. The van der Waals surface area contributed by atoms with E-state index in [9.17, 15) is 18.0 Å². The fourth-order valence-electron chi connectivity index (χ4n) is 3.75. The maximum atomic E-state index is 12.8. The van der Waals surface area contributed by atoms with Crippen molar-refractivity contribution in [2.24, 2.45) is 5.92 Å². The number of methoxy groups -OCH3 is 1. The van der Waals surface area contributed by atoms with Crippen molar-refractivity contribution in [2.75, 3.05) is 46.4 Å². The number of likely N-dealkylation sites (tertiary alicyclic amines) is 1. The highest BCUT2D eigenvalue weighted by Gasteiger charge is 2.34. The predicted octanol–water partition coefficient (Wildman–Crippen LogP) is 0.787. The van der Waals surface area contributed by atoms with E-state index in [0.717, 1.165) is 0 Å². The number of benzene rings is 1. The number of carbonyl (C=O) groups is 2. The van der Waals surface area contributed by atoms with Crippen LogP contribution in [0.1, 0.15) is 19.8 Å². The molecule has 2 heterocycles. The molecule has 2 aliphatic heterocycles. The lowest BCUT2D eigenvalue weighted by Crippen LogP contribution is -2.53. The Labute approximate surface area is 166 Å². The Morgan fingerprint density at radius 3 is 2.00 bits per heavy atom. The minimum atomic E-state index is -3.58. The molecule has 0 aromatic heterocycles. The maximum absolute atomic E-state index is 12.8. The summed E-state index contributed by atoms with van der Waals surface area (Å²) < 4.78 is 32.1. The smallest absolute Gasteiger partial charge is 0.243 e. The number of nitrogens with zero attached hydrogens (tertiary/aromatic N) is 3. The second-order valence-electron chi connectivity index (χ2n) is 7.19. The highest BCUT2D eigenvalue weighted by Crippen LogP contribution is 2.23. The molecule has 28 heavy (non-hydrogen) atoms. The molecular formula is C19H27N3O5S. The fraction of sp³-hybridized carbons (Fsp3) is 0.579. The lowest BCUT2D eigenvalue weighted by Gasteiger charge is -2.38. The van der Waals surface area contributed by atoms with Crippen LogP contribution in [0.2, 0.25) is 0 Å². The zero-order valence-corrected chi connectivity index (χ0v) is 17.2. The Morgan fingerprint density at radius 1 is 0.929 bits per heavy atom. The average molecular weight is 410 g/mol. The van der Waals surface area contributed by atoms with E-state index in [1.165, 1.54) is 23.5 Å². The van der Waals surface area contributed by atoms with E-state index in [1.54, 1.807) is 28.9 Å². The zero-order chi connectivity index (χ0) is 20.3. The minimum Gasteiger partial charge on any atom is -0.497 e. The van der Waals surface area contributed by atoms with Crippen LogP contribution < -0.4 is 4.74 Å². The molecule has 0 spiro atoms. The van der Waals surface area contributed by atoms with Gasteiger partial charge in [-0.1, -0.05) is 0 Å². The van der Waals surface area contributed by atoms with Gasteiger partial charge in [0, 0.05) is 52.1 Å². The number of rotatable bonds is 4. The summed E-state index contributed by atoms with van der Waals surface area (Å²) in [7, 11) is -2.05. The number of hydrogen-bond donors (Lipinski definition) is 0. The van der Waals surface area contributed by atoms with E-state index in [4.69, 9.17) is 4.74 Å². The van der Waals surface area contributed by atoms with Crippen molar-refractivity contribution in [3.8, 4) is 5.75 Å². The Hall–Kier alpha value is -2.13. The predicted molar refractivity (Wildman–Crippen MR) is 103 cm³/mol. The first-order valence-electron chi connectivity index (χ1n) is 9.51. The molecule has 2 fully saturated rings. The van der Waals surface area contributed by atoms with Crippen molar-refractivity contribution in [3.05, 3.63) is 24.3 Å². The summed E-state index contributed by atoms with van der Waals surface area (Å²) in [6, 6.07) is 6.32. The Morgan fingerprint density at radius 2 is 1.50 bits per heavy atom. The van der Waals surface area contributed by atoms with Gasteiger partial charge in [-0.3, -0.25) is 9.59 Å². The van der Waals surface area contributed by atoms with Gasteiger partial charge >= 0.3 is 0 Å². The molecule has 0 radical (unpaired) electrons. The monoisotopic (exact) mass is 409 g/mol. The van der Waals surface area contributed by atoms with Crippen molar-refractivity contribution >= 4 is 21.8 Å². The number of carbonyl (C=O) groups excluding carboxylic acids is 2. The fourth-order valence-corrected chi connectivity index (χ4v) is 5.17. The third-order valence-corrected chi connectivity index (χ3v) is 7.45. The summed E-state index contributed by atoms with van der Waals surface area (Å²) in [6.07, 6.45) is 1.34. The van der Waals surface area contributed by atoms with Gasteiger partial charge in [0.2, 0.25) is 21.8 Å². The normalized spacial score (nSPS) is 19.5. The summed E-state index contributed by atoms with van der Waals surface area (Å²) >= 11 is 0. The van der Waals surface area contributed by atoms with Gasteiger partial charge in [-0.15, -0.1) is 0 Å². The molecule has 9 heteroatoms. The number of piperazine rings is 1. The number of hydrogen-bond acceptors (Lipinski definition) is 5. The Balaban J connectivity index is 1.56. The standard InChI is InChI=1S/C19H27N3O5S/c1-15(23)20-9-7-16(8-10-20)19(24)21-11-13-22(14-12-21)28(25,26)18-5-3-17(27-2)4-6-18/h3-6,16H,7-14H2,1-2H3. The van der Waals surface area contributed by atoms with Gasteiger partial charge in [0.15, 0.2) is 0 Å². The van der Waals surface area contributed by atoms with Gasteiger partial charge in [0.25, 0.3) is 0 Å². The maximum Gasteiger partial charge on any atom is 0.243 e. The topological polar surface area (TPSA) is 87.2 Å². The SMILES string of the molecule is COc1ccc(S(=O)(=O)N2CCN(C(=O)C3CCN(C(C)=O)CC3)CC2)cc1. The molecule has 0 atom stereocenters. The highest BCUT2D eigenvalue weighted by atomic mass is 32.2. The highest BCUT2D eigenvalue weighted by molar-refractivity contribution is 7.89. The third-order valence-electron chi connectivity index (χ3n) is 5.54. The molecule has 0 aliphatic carbocycles. The van der Waals surface area contributed by atoms with E-state index in [0.29, 0.717) is 44.8 Å². The first-order chi connectivity index (χ1) is 13.3. The van der Waals surface area contributed by atoms with Crippen LogP contribution in [0.3, 0.4) is 0 Å². The van der Waals surface area contributed by atoms with Crippen LogP contribution in [-0.2, 0) is 19.6 Å². The molecule has 3 rings (SSSR count). The zero-order valence-electron chi connectivity index (χ0n) is 16.3. The number of ether oxygens (including phenoxy) is 1.